The van der Waals surface area contributed by atoms with E-state index >= 15 is 0 Å². The van der Waals surface area contributed by atoms with Crippen molar-refractivity contribution in [2.45, 2.75) is 38.3 Å². The van der Waals surface area contributed by atoms with Gasteiger partial charge in [0, 0.05) is 11.4 Å². The zero-order valence-corrected chi connectivity index (χ0v) is 11.7. The molecule has 0 radical (unpaired) electrons. The first-order valence-corrected chi connectivity index (χ1v) is 7.29. The average molecular weight is 282 g/mol. The Bertz CT molecular complexity index is 486. The van der Waals surface area contributed by atoms with E-state index < -0.39 is 18.1 Å². The minimum Gasteiger partial charge on any atom is -0.479 e. The van der Waals surface area contributed by atoms with Gasteiger partial charge in [0.2, 0.25) is 5.91 Å². The van der Waals surface area contributed by atoms with Crippen LogP contribution < -0.4 is 5.73 Å². The molecule has 1 aromatic rings. The highest BCUT2D eigenvalue weighted by Crippen LogP contribution is 2.33. The molecule has 0 fully saturated rings. The average Bonchev–Trinajstić information content (AvgIpc) is 2.84. The second-order valence-corrected chi connectivity index (χ2v) is 5.72. The Labute approximate surface area is 116 Å². The van der Waals surface area contributed by atoms with Crippen LogP contribution in [0.5, 0.6) is 0 Å². The van der Waals surface area contributed by atoms with E-state index in [1.54, 1.807) is 17.4 Å². The molecule has 104 valence electrons. The second kappa shape index (κ2) is 5.71. The molecular weight excluding hydrogens is 264 g/mol. The van der Waals surface area contributed by atoms with Crippen molar-refractivity contribution in [1.82, 2.24) is 4.90 Å². The van der Waals surface area contributed by atoms with E-state index in [2.05, 4.69) is 0 Å². The van der Waals surface area contributed by atoms with Gasteiger partial charge in [-0.15, -0.1) is 11.3 Å². The number of nitrogens with zero attached hydrogens (tertiary/aromatic N) is 1. The zero-order valence-electron chi connectivity index (χ0n) is 10.8. The van der Waals surface area contributed by atoms with E-state index in [9.17, 15) is 14.7 Å². The van der Waals surface area contributed by atoms with Crippen LogP contribution in [0.1, 0.15) is 36.2 Å². The van der Waals surface area contributed by atoms with Gasteiger partial charge in [0.05, 0.1) is 6.04 Å². The summed E-state index contributed by atoms with van der Waals surface area (Å²) in [6, 6.07) is 0.307. The molecule has 1 unspecified atom stereocenters. The van der Waals surface area contributed by atoms with Crippen LogP contribution in [0.3, 0.4) is 0 Å². The number of fused-ring (bicyclic) bond motifs is 1. The second-order valence-electron chi connectivity index (χ2n) is 4.72. The first-order valence-electron chi connectivity index (χ1n) is 6.41. The summed E-state index contributed by atoms with van der Waals surface area (Å²) in [5.74, 6) is -1.25. The Hall–Kier alpha value is -1.40. The topological polar surface area (TPSA) is 83.6 Å². The third-order valence-corrected chi connectivity index (χ3v) is 4.40. The predicted molar refractivity (Wildman–Crippen MR) is 73.0 cm³/mol. The maximum Gasteiger partial charge on any atom is 0.331 e. The molecule has 5 nitrogen and oxygen atoms in total. The van der Waals surface area contributed by atoms with Crippen molar-refractivity contribution in [2.24, 2.45) is 5.73 Å². The first kappa shape index (κ1) is 14.0. The molecule has 2 atom stereocenters. The molecule has 2 rings (SSSR count). The lowest BCUT2D eigenvalue weighted by molar-refractivity contribution is -0.151. The molecule has 0 bridgehead atoms. The van der Waals surface area contributed by atoms with Crippen molar-refractivity contribution in [1.29, 1.82) is 0 Å². The number of carbonyl (C=O) groups excluding carboxylic acids is 1. The largest absolute Gasteiger partial charge is 0.479 e. The van der Waals surface area contributed by atoms with Crippen LogP contribution in [0.2, 0.25) is 0 Å². The molecule has 0 spiro atoms. The van der Waals surface area contributed by atoms with Gasteiger partial charge >= 0.3 is 5.97 Å². The fourth-order valence-corrected chi connectivity index (χ4v) is 3.37. The van der Waals surface area contributed by atoms with Gasteiger partial charge < -0.3 is 15.7 Å². The number of carboxylic acid groups (broad SMARTS) is 1. The quantitative estimate of drug-likeness (QED) is 0.874. The number of thiophene rings is 1. The van der Waals surface area contributed by atoms with Crippen molar-refractivity contribution in [2.75, 3.05) is 6.54 Å². The van der Waals surface area contributed by atoms with Crippen molar-refractivity contribution >= 4 is 23.2 Å². The molecule has 1 aliphatic rings. The number of amides is 1. The van der Waals surface area contributed by atoms with E-state index in [4.69, 9.17) is 5.73 Å². The maximum absolute atomic E-state index is 12.3. The van der Waals surface area contributed by atoms with Gasteiger partial charge in [-0.05, 0) is 29.9 Å². The van der Waals surface area contributed by atoms with Crippen LogP contribution in [-0.4, -0.2) is 34.5 Å². The molecular formula is C13H18N2O3S. The molecule has 1 aliphatic heterocycles. The molecule has 6 heteroatoms. The fourth-order valence-electron chi connectivity index (χ4n) is 2.47. The van der Waals surface area contributed by atoms with Crippen LogP contribution in [0.25, 0.3) is 0 Å². The van der Waals surface area contributed by atoms with E-state index in [0.29, 0.717) is 19.4 Å². The molecule has 19 heavy (non-hydrogen) atoms. The molecule has 0 aliphatic carbocycles. The van der Waals surface area contributed by atoms with Gasteiger partial charge in [0.1, 0.15) is 0 Å². The summed E-state index contributed by atoms with van der Waals surface area (Å²) in [6.07, 6.45) is 2.10. The fraction of sp³-hybridized carbons (Fsp3) is 0.538. The van der Waals surface area contributed by atoms with E-state index in [-0.39, 0.29) is 5.91 Å². The summed E-state index contributed by atoms with van der Waals surface area (Å²) < 4.78 is 0. The summed E-state index contributed by atoms with van der Waals surface area (Å²) in [5.41, 5.74) is 6.57. The highest BCUT2D eigenvalue weighted by Gasteiger charge is 2.37. The van der Waals surface area contributed by atoms with Gasteiger partial charge in [-0.25, -0.2) is 4.79 Å². The third-order valence-electron chi connectivity index (χ3n) is 3.40. The highest BCUT2D eigenvalue weighted by atomic mass is 32.1. The smallest absolute Gasteiger partial charge is 0.331 e. The van der Waals surface area contributed by atoms with Crippen molar-refractivity contribution in [3.8, 4) is 0 Å². The molecule has 1 aromatic heterocycles. The lowest BCUT2D eigenvalue weighted by atomic mass is 9.98. The normalized spacial score (nSPS) is 19.9. The Morgan fingerprint density at radius 2 is 2.37 bits per heavy atom. The number of carboxylic acids is 1. The number of rotatable bonds is 4. The molecule has 0 aromatic carbocycles. The first-order chi connectivity index (χ1) is 9.06. The minimum atomic E-state index is -0.989. The number of aliphatic carboxylic acids is 1. The van der Waals surface area contributed by atoms with E-state index in [1.807, 2.05) is 12.3 Å². The van der Waals surface area contributed by atoms with Crippen LogP contribution >= 0.6 is 11.3 Å². The van der Waals surface area contributed by atoms with Gasteiger partial charge in [-0.1, -0.05) is 13.3 Å². The molecule has 0 saturated heterocycles. The van der Waals surface area contributed by atoms with Crippen molar-refractivity contribution in [3.63, 3.8) is 0 Å². The summed E-state index contributed by atoms with van der Waals surface area (Å²) >= 11 is 1.55. The minimum absolute atomic E-state index is 0.258. The van der Waals surface area contributed by atoms with Gasteiger partial charge in [0.15, 0.2) is 6.04 Å². The lowest BCUT2D eigenvalue weighted by Gasteiger charge is -2.34. The summed E-state index contributed by atoms with van der Waals surface area (Å²) in [6.45, 7) is 2.38. The third kappa shape index (κ3) is 2.64. The predicted octanol–water partition coefficient (Wildman–Crippen LogP) is 1.39. The molecule has 3 N–H and O–H groups in total. The Morgan fingerprint density at radius 3 is 3.00 bits per heavy atom. The van der Waals surface area contributed by atoms with Crippen LogP contribution in [0.15, 0.2) is 11.4 Å². The highest BCUT2D eigenvalue weighted by molar-refractivity contribution is 7.10. The standard InChI is InChI=1S/C13H18N2O3S/c1-2-3-9(14)12(16)15-6-4-10-8(5-7-19-10)11(15)13(17)18/h5,7,9,11H,2-4,6,14H2,1H3,(H,17,18)/t9-,11?/m1/s1. The Morgan fingerprint density at radius 1 is 1.63 bits per heavy atom. The number of carbonyl (C=O) groups is 2. The van der Waals surface area contributed by atoms with Crippen molar-refractivity contribution in [3.05, 3.63) is 21.9 Å². The number of nitrogens with two attached hydrogens (primary N) is 1. The Kier molecular flexibility index (Phi) is 4.21. The van der Waals surface area contributed by atoms with Crippen LogP contribution in [-0.2, 0) is 16.0 Å². The van der Waals surface area contributed by atoms with Gasteiger partial charge in [0.25, 0.3) is 0 Å². The zero-order chi connectivity index (χ0) is 14.0. The van der Waals surface area contributed by atoms with Gasteiger partial charge in [-0.2, -0.15) is 0 Å². The maximum atomic E-state index is 12.3. The number of hydrogen-bond donors (Lipinski definition) is 2. The Balaban J connectivity index is 2.26. The summed E-state index contributed by atoms with van der Waals surface area (Å²) in [4.78, 5) is 26.2. The summed E-state index contributed by atoms with van der Waals surface area (Å²) in [7, 11) is 0. The van der Waals surface area contributed by atoms with Crippen molar-refractivity contribution < 1.29 is 14.7 Å². The molecule has 2 heterocycles. The number of hydrogen-bond acceptors (Lipinski definition) is 4. The van der Waals surface area contributed by atoms with Gasteiger partial charge in [-0.3, -0.25) is 4.79 Å². The summed E-state index contributed by atoms with van der Waals surface area (Å²) in [5, 5.41) is 11.3. The molecule has 1 amide bonds. The van der Waals surface area contributed by atoms with Crippen LogP contribution in [0, 0.1) is 0 Å². The van der Waals surface area contributed by atoms with Crippen LogP contribution in [0.4, 0.5) is 0 Å². The van der Waals surface area contributed by atoms with E-state index in [0.717, 1.165) is 16.9 Å². The molecule has 0 saturated carbocycles. The van der Waals surface area contributed by atoms with E-state index in [1.165, 1.54) is 4.90 Å². The SMILES string of the molecule is CCC[C@@H](N)C(=O)N1CCc2sccc2C1C(=O)O. The lowest BCUT2D eigenvalue weighted by Crippen LogP contribution is -2.49. The monoisotopic (exact) mass is 282 g/mol.